The summed E-state index contributed by atoms with van der Waals surface area (Å²) >= 11 is 6.02. The fourth-order valence-corrected chi connectivity index (χ4v) is 2.30. The predicted molar refractivity (Wildman–Crippen MR) is 95.3 cm³/mol. The van der Waals surface area contributed by atoms with Crippen molar-refractivity contribution < 1.29 is 4.79 Å². The van der Waals surface area contributed by atoms with Gasteiger partial charge in [-0.3, -0.25) is 9.89 Å². The first-order valence-electron chi connectivity index (χ1n) is 7.34. The number of nitrogens with one attached hydrogen (secondary N) is 2. The van der Waals surface area contributed by atoms with Crippen LogP contribution in [0.2, 0.25) is 5.02 Å². The van der Waals surface area contributed by atoms with Crippen molar-refractivity contribution in [2.75, 3.05) is 0 Å². The molecule has 0 aliphatic rings. The summed E-state index contributed by atoms with van der Waals surface area (Å²) in [6, 6.07) is 16.8. The third-order valence-electron chi connectivity index (χ3n) is 3.44. The molecule has 3 aromatic rings. The third kappa shape index (κ3) is 3.70. The summed E-state index contributed by atoms with van der Waals surface area (Å²) in [5.41, 5.74) is 6.32. The lowest BCUT2D eigenvalue weighted by Crippen LogP contribution is -2.18. The molecule has 3 rings (SSSR count). The average molecular weight is 339 g/mol. The van der Waals surface area contributed by atoms with Gasteiger partial charge in [0.2, 0.25) is 0 Å². The number of hydrogen-bond acceptors (Lipinski definition) is 3. The standard InChI is InChI=1S/C18H15ClN4O/c1-12-6-8-13(9-7-12)16-10-17(22-21-16)18(24)23-20-11-14-4-2-3-5-15(14)19/h2-11H,1H3,(H,21,22)(H,23,24)/b20-11-. The maximum Gasteiger partial charge on any atom is 0.289 e. The number of amides is 1. The van der Waals surface area contributed by atoms with Crippen LogP contribution in [-0.2, 0) is 0 Å². The normalized spacial score (nSPS) is 10.9. The maximum absolute atomic E-state index is 12.1. The quantitative estimate of drug-likeness (QED) is 0.561. The van der Waals surface area contributed by atoms with Crippen molar-refractivity contribution in [3.05, 3.63) is 76.4 Å². The van der Waals surface area contributed by atoms with Gasteiger partial charge in [0.1, 0.15) is 5.69 Å². The van der Waals surface area contributed by atoms with Crippen LogP contribution in [-0.4, -0.2) is 22.3 Å². The fraction of sp³-hybridized carbons (Fsp3) is 0.0556. The van der Waals surface area contributed by atoms with E-state index in [1.165, 1.54) is 11.8 Å². The minimum atomic E-state index is -0.371. The second-order valence-corrected chi connectivity index (χ2v) is 5.66. The van der Waals surface area contributed by atoms with Gasteiger partial charge in [-0.05, 0) is 19.1 Å². The number of carbonyl (C=O) groups excluding carboxylic acids is 1. The highest BCUT2D eigenvalue weighted by atomic mass is 35.5. The van der Waals surface area contributed by atoms with Crippen LogP contribution in [0.1, 0.15) is 21.6 Å². The summed E-state index contributed by atoms with van der Waals surface area (Å²) in [4.78, 5) is 12.1. The molecule has 2 aromatic carbocycles. The highest BCUT2D eigenvalue weighted by molar-refractivity contribution is 6.33. The number of hydrogen-bond donors (Lipinski definition) is 2. The smallest absolute Gasteiger partial charge is 0.272 e. The molecule has 0 atom stereocenters. The van der Waals surface area contributed by atoms with Crippen LogP contribution in [0.15, 0.2) is 59.7 Å². The van der Waals surface area contributed by atoms with Gasteiger partial charge in [-0.15, -0.1) is 0 Å². The Hall–Kier alpha value is -2.92. The average Bonchev–Trinajstić information content (AvgIpc) is 3.07. The van der Waals surface area contributed by atoms with Crippen LogP contribution in [0.3, 0.4) is 0 Å². The number of aromatic amines is 1. The molecule has 0 radical (unpaired) electrons. The molecule has 0 saturated carbocycles. The largest absolute Gasteiger partial charge is 0.289 e. The van der Waals surface area contributed by atoms with Gasteiger partial charge in [-0.1, -0.05) is 59.6 Å². The van der Waals surface area contributed by atoms with Crippen molar-refractivity contribution in [3.8, 4) is 11.3 Å². The molecule has 1 aromatic heterocycles. The van der Waals surface area contributed by atoms with Crippen molar-refractivity contribution in [1.29, 1.82) is 0 Å². The molecule has 1 amide bonds. The van der Waals surface area contributed by atoms with E-state index in [4.69, 9.17) is 11.6 Å². The van der Waals surface area contributed by atoms with Crippen LogP contribution in [0.25, 0.3) is 11.3 Å². The van der Waals surface area contributed by atoms with Gasteiger partial charge >= 0.3 is 0 Å². The van der Waals surface area contributed by atoms with E-state index in [1.807, 2.05) is 49.4 Å². The first-order chi connectivity index (χ1) is 11.6. The van der Waals surface area contributed by atoms with Gasteiger partial charge in [-0.25, -0.2) is 5.43 Å². The lowest BCUT2D eigenvalue weighted by atomic mass is 10.1. The number of aromatic nitrogens is 2. The van der Waals surface area contributed by atoms with Crippen molar-refractivity contribution >= 4 is 23.7 Å². The first kappa shape index (κ1) is 16.0. The van der Waals surface area contributed by atoms with Gasteiger partial charge in [0.15, 0.2) is 0 Å². The summed E-state index contributed by atoms with van der Waals surface area (Å²) < 4.78 is 0. The second-order valence-electron chi connectivity index (χ2n) is 5.25. The van der Waals surface area contributed by atoms with Crippen LogP contribution in [0.5, 0.6) is 0 Å². The van der Waals surface area contributed by atoms with Gasteiger partial charge in [0, 0.05) is 16.1 Å². The third-order valence-corrected chi connectivity index (χ3v) is 3.79. The van der Waals surface area contributed by atoms with E-state index in [9.17, 15) is 4.79 Å². The summed E-state index contributed by atoms with van der Waals surface area (Å²) in [5.74, 6) is -0.371. The molecule has 0 fully saturated rings. The molecule has 120 valence electrons. The van der Waals surface area contributed by atoms with Crippen LogP contribution >= 0.6 is 11.6 Å². The number of hydrazone groups is 1. The first-order valence-corrected chi connectivity index (χ1v) is 7.71. The Labute approximate surface area is 144 Å². The van der Waals surface area contributed by atoms with E-state index >= 15 is 0 Å². The highest BCUT2D eigenvalue weighted by Gasteiger charge is 2.10. The van der Waals surface area contributed by atoms with Gasteiger partial charge in [-0.2, -0.15) is 10.2 Å². The Balaban J connectivity index is 1.68. The van der Waals surface area contributed by atoms with Crippen molar-refractivity contribution in [2.45, 2.75) is 6.92 Å². The maximum atomic E-state index is 12.1. The predicted octanol–water partition coefficient (Wildman–Crippen LogP) is 3.80. The van der Waals surface area contributed by atoms with Crippen LogP contribution < -0.4 is 5.43 Å². The molecular weight excluding hydrogens is 324 g/mol. The van der Waals surface area contributed by atoms with Crippen molar-refractivity contribution in [3.63, 3.8) is 0 Å². The number of aryl methyl sites for hydroxylation is 1. The van der Waals surface area contributed by atoms with Crippen molar-refractivity contribution in [2.24, 2.45) is 5.10 Å². The molecule has 24 heavy (non-hydrogen) atoms. The number of carbonyl (C=O) groups is 1. The molecule has 0 unspecified atom stereocenters. The van der Waals surface area contributed by atoms with E-state index in [1.54, 1.807) is 12.1 Å². The summed E-state index contributed by atoms with van der Waals surface area (Å²) in [7, 11) is 0. The minimum absolute atomic E-state index is 0.335. The summed E-state index contributed by atoms with van der Waals surface area (Å²) in [5, 5.41) is 11.4. The zero-order valence-corrected chi connectivity index (χ0v) is 13.7. The summed E-state index contributed by atoms with van der Waals surface area (Å²) in [6.45, 7) is 2.02. The SMILES string of the molecule is Cc1ccc(-c2cc(C(=O)N/N=C\c3ccccc3Cl)[nH]n2)cc1. The van der Waals surface area contributed by atoms with E-state index in [2.05, 4.69) is 20.7 Å². The molecule has 0 aliphatic heterocycles. The molecule has 1 heterocycles. The number of rotatable bonds is 4. The molecular formula is C18H15ClN4O. The van der Waals surface area contributed by atoms with Crippen LogP contribution in [0.4, 0.5) is 0 Å². The number of halogens is 1. The zero-order chi connectivity index (χ0) is 16.9. The molecule has 5 nitrogen and oxygen atoms in total. The zero-order valence-electron chi connectivity index (χ0n) is 13.0. The molecule has 6 heteroatoms. The fourth-order valence-electron chi connectivity index (χ4n) is 2.11. The molecule has 0 aliphatic carbocycles. The Bertz CT molecular complexity index is 884. The monoisotopic (exact) mass is 338 g/mol. The second kappa shape index (κ2) is 7.10. The van der Waals surface area contributed by atoms with E-state index in [0.29, 0.717) is 16.4 Å². The van der Waals surface area contributed by atoms with E-state index in [0.717, 1.165) is 11.1 Å². The van der Waals surface area contributed by atoms with Crippen molar-refractivity contribution in [1.82, 2.24) is 15.6 Å². The minimum Gasteiger partial charge on any atom is -0.272 e. The number of benzene rings is 2. The Morgan fingerprint density at radius 3 is 2.71 bits per heavy atom. The topological polar surface area (TPSA) is 70.1 Å². The molecule has 2 N–H and O–H groups in total. The Kier molecular flexibility index (Phi) is 4.72. The van der Waals surface area contributed by atoms with E-state index in [-0.39, 0.29) is 5.91 Å². The summed E-state index contributed by atoms with van der Waals surface area (Å²) in [6.07, 6.45) is 1.50. The molecule has 0 spiro atoms. The number of H-pyrrole nitrogens is 1. The lowest BCUT2D eigenvalue weighted by molar-refractivity contribution is 0.0950. The Morgan fingerprint density at radius 2 is 1.96 bits per heavy atom. The number of nitrogens with zero attached hydrogens (tertiary/aromatic N) is 2. The Morgan fingerprint density at radius 1 is 1.21 bits per heavy atom. The lowest BCUT2D eigenvalue weighted by Gasteiger charge is -1.98. The van der Waals surface area contributed by atoms with Crippen LogP contribution in [0, 0.1) is 6.92 Å². The molecule has 0 bridgehead atoms. The van der Waals surface area contributed by atoms with Gasteiger partial charge in [0.25, 0.3) is 5.91 Å². The highest BCUT2D eigenvalue weighted by Crippen LogP contribution is 2.18. The molecule has 0 saturated heterocycles. The van der Waals surface area contributed by atoms with E-state index < -0.39 is 0 Å². The van der Waals surface area contributed by atoms with Gasteiger partial charge < -0.3 is 0 Å². The van der Waals surface area contributed by atoms with Gasteiger partial charge in [0.05, 0.1) is 11.9 Å².